The second kappa shape index (κ2) is 6.74. The molecule has 0 radical (unpaired) electrons. The molecule has 8 heteroatoms. The molecule has 0 aromatic heterocycles. The second-order valence-corrected chi connectivity index (χ2v) is 6.54. The van der Waals surface area contributed by atoms with Crippen molar-refractivity contribution < 1.29 is 26.0 Å². The first kappa shape index (κ1) is 17.9. The molecule has 0 aliphatic carbocycles. The molecule has 0 unspecified atom stereocenters. The van der Waals surface area contributed by atoms with Gasteiger partial charge < -0.3 is 0 Å². The summed E-state index contributed by atoms with van der Waals surface area (Å²) in [6.45, 7) is 2.84. The Hall–Kier alpha value is -1.15. The highest BCUT2D eigenvalue weighted by Gasteiger charge is 2.26. The van der Waals surface area contributed by atoms with Crippen molar-refractivity contribution >= 4 is 10.0 Å². The quantitative estimate of drug-likeness (QED) is 0.642. The second-order valence-electron chi connectivity index (χ2n) is 4.84. The zero-order valence-electron chi connectivity index (χ0n) is 11.7. The summed E-state index contributed by atoms with van der Waals surface area (Å²) in [4.78, 5) is -0.0280. The van der Waals surface area contributed by atoms with E-state index in [9.17, 15) is 26.0 Å². The first-order chi connectivity index (χ1) is 9.53. The summed E-state index contributed by atoms with van der Waals surface area (Å²) in [5.74, 6) is -0.533. The minimum absolute atomic E-state index is 0.0280. The van der Waals surface area contributed by atoms with Gasteiger partial charge in [-0.05, 0) is 49.9 Å². The van der Waals surface area contributed by atoms with Gasteiger partial charge in [-0.3, -0.25) is 0 Å². The molecule has 0 spiro atoms. The Morgan fingerprint density at radius 1 is 1.10 bits per heavy atom. The van der Waals surface area contributed by atoms with Crippen LogP contribution >= 0.6 is 0 Å². The minimum atomic E-state index is -4.23. The van der Waals surface area contributed by atoms with E-state index in [1.165, 1.54) is 13.8 Å². The van der Waals surface area contributed by atoms with Gasteiger partial charge in [0.05, 0.1) is 4.90 Å². The lowest BCUT2D eigenvalue weighted by atomic mass is 10.1. The highest BCUT2D eigenvalue weighted by Crippen LogP contribution is 2.23. The molecule has 21 heavy (non-hydrogen) atoms. The van der Waals surface area contributed by atoms with Crippen molar-refractivity contribution in [2.24, 2.45) is 0 Å². The van der Waals surface area contributed by atoms with Crippen molar-refractivity contribution in [3.05, 3.63) is 29.1 Å². The molecule has 0 heterocycles. The lowest BCUT2D eigenvalue weighted by molar-refractivity contribution is -0.135. The molecule has 0 atom stereocenters. The number of alkyl halides is 3. The number of halogens is 4. The van der Waals surface area contributed by atoms with E-state index in [2.05, 4.69) is 4.72 Å². The van der Waals surface area contributed by atoms with Crippen LogP contribution in [-0.2, 0) is 10.0 Å². The predicted octanol–water partition coefficient (Wildman–Crippen LogP) is 3.45. The number of unbranched alkanes of at least 4 members (excludes halogenated alkanes) is 1. The van der Waals surface area contributed by atoms with Crippen LogP contribution in [0.2, 0.25) is 0 Å². The van der Waals surface area contributed by atoms with E-state index in [-0.39, 0.29) is 35.4 Å². The third kappa shape index (κ3) is 5.62. The van der Waals surface area contributed by atoms with Gasteiger partial charge in [0.25, 0.3) is 0 Å². The average Bonchev–Trinajstić information content (AvgIpc) is 2.24. The first-order valence-electron chi connectivity index (χ1n) is 6.36. The molecule has 1 N–H and O–H groups in total. The van der Waals surface area contributed by atoms with Crippen molar-refractivity contribution in [1.82, 2.24) is 4.72 Å². The molecule has 3 nitrogen and oxygen atoms in total. The highest BCUT2D eigenvalue weighted by atomic mass is 32.2. The zero-order chi connectivity index (χ0) is 16.3. The van der Waals surface area contributed by atoms with Gasteiger partial charge in [-0.2, -0.15) is 13.2 Å². The fourth-order valence-corrected chi connectivity index (χ4v) is 3.57. The number of sulfonamides is 1. The molecular formula is C13H17F4NO2S. The van der Waals surface area contributed by atoms with Crippen LogP contribution in [0.15, 0.2) is 17.0 Å². The Morgan fingerprint density at radius 3 is 2.10 bits per heavy atom. The number of nitrogens with one attached hydrogen (secondary N) is 1. The third-order valence-electron chi connectivity index (χ3n) is 2.87. The predicted molar refractivity (Wildman–Crippen MR) is 71.0 cm³/mol. The van der Waals surface area contributed by atoms with E-state index in [1.807, 2.05) is 0 Å². The number of aryl methyl sites for hydroxylation is 2. The molecule has 120 valence electrons. The van der Waals surface area contributed by atoms with Crippen LogP contribution in [0.4, 0.5) is 17.6 Å². The summed E-state index contributed by atoms with van der Waals surface area (Å²) in [7, 11) is -3.85. The molecule has 1 aromatic carbocycles. The summed E-state index contributed by atoms with van der Waals surface area (Å²) < 4.78 is 75.4. The van der Waals surface area contributed by atoms with Crippen LogP contribution < -0.4 is 4.72 Å². The van der Waals surface area contributed by atoms with Crippen molar-refractivity contribution in [1.29, 1.82) is 0 Å². The Labute approximate surface area is 121 Å². The van der Waals surface area contributed by atoms with Crippen molar-refractivity contribution in [3.63, 3.8) is 0 Å². The first-order valence-corrected chi connectivity index (χ1v) is 7.84. The van der Waals surface area contributed by atoms with Gasteiger partial charge in [-0.1, -0.05) is 0 Å². The normalized spacial score (nSPS) is 12.7. The molecular weight excluding hydrogens is 310 g/mol. The largest absolute Gasteiger partial charge is 0.389 e. The average molecular weight is 327 g/mol. The maximum absolute atomic E-state index is 13.1. The molecule has 0 amide bonds. The topological polar surface area (TPSA) is 46.2 Å². The van der Waals surface area contributed by atoms with E-state index in [0.29, 0.717) is 0 Å². The summed E-state index contributed by atoms with van der Waals surface area (Å²) in [6, 6.07) is 2.20. The molecule has 0 saturated carbocycles. The third-order valence-corrected chi connectivity index (χ3v) is 4.64. The lowest BCUT2D eigenvalue weighted by Crippen LogP contribution is -2.26. The highest BCUT2D eigenvalue weighted by molar-refractivity contribution is 7.89. The van der Waals surface area contributed by atoms with Gasteiger partial charge in [-0.25, -0.2) is 17.5 Å². The number of rotatable bonds is 6. The number of hydrogen-bond donors (Lipinski definition) is 1. The van der Waals surface area contributed by atoms with Gasteiger partial charge in [-0.15, -0.1) is 0 Å². The summed E-state index contributed by atoms with van der Waals surface area (Å²) in [5.41, 5.74) is 0.519. The number of hydrogen-bond acceptors (Lipinski definition) is 2. The Balaban J connectivity index is 2.67. The van der Waals surface area contributed by atoms with Gasteiger partial charge in [0, 0.05) is 13.0 Å². The monoisotopic (exact) mass is 327 g/mol. The van der Waals surface area contributed by atoms with Crippen molar-refractivity contribution in [2.45, 2.75) is 44.2 Å². The molecule has 0 aliphatic rings. The van der Waals surface area contributed by atoms with Crippen LogP contribution in [0, 0.1) is 19.7 Å². The standard InChI is InChI=1S/C13H17F4NO2S/c1-9-7-11(14)8-10(2)12(9)21(19,20)18-6-4-3-5-13(15,16)17/h7-8,18H,3-6H2,1-2H3. The van der Waals surface area contributed by atoms with Crippen molar-refractivity contribution in [3.8, 4) is 0 Å². The fourth-order valence-electron chi connectivity index (χ4n) is 2.05. The van der Waals surface area contributed by atoms with E-state index >= 15 is 0 Å². The summed E-state index contributed by atoms with van der Waals surface area (Å²) in [6.07, 6.45) is -5.24. The molecule has 0 aliphatic heterocycles. The van der Waals surface area contributed by atoms with Crippen molar-refractivity contribution in [2.75, 3.05) is 6.54 Å². The molecule has 0 fully saturated rings. The fraction of sp³-hybridized carbons (Fsp3) is 0.538. The maximum Gasteiger partial charge on any atom is 0.389 e. The lowest BCUT2D eigenvalue weighted by Gasteiger charge is -2.12. The van der Waals surface area contributed by atoms with E-state index in [0.717, 1.165) is 12.1 Å². The zero-order valence-corrected chi connectivity index (χ0v) is 12.5. The van der Waals surface area contributed by atoms with Crippen LogP contribution in [0.5, 0.6) is 0 Å². The van der Waals surface area contributed by atoms with Crippen LogP contribution in [0.1, 0.15) is 30.4 Å². The van der Waals surface area contributed by atoms with E-state index in [4.69, 9.17) is 0 Å². The smallest absolute Gasteiger partial charge is 0.211 e. The van der Waals surface area contributed by atoms with E-state index in [1.54, 1.807) is 0 Å². The van der Waals surface area contributed by atoms with Gasteiger partial charge in [0.15, 0.2) is 0 Å². The summed E-state index contributed by atoms with van der Waals surface area (Å²) >= 11 is 0. The van der Waals surface area contributed by atoms with Gasteiger partial charge in [0.2, 0.25) is 10.0 Å². The van der Waals surface area contributed by atoms with Crippen LogP contribution in [0.25, 0.3) is 0 Å². The Kier molecular flexibility index (Phi) is 5.75. The maximum atomic E-state index is 13.1. The molecule has 0 bridgehead atoms. The Bertz CT molecular complexity index is 574. The van der Waals surface area contributed by atoms with Crippen LogP contribution in [0.3, 0.4) is 0 Å². The minimum Gasteiger partial charge on any atom is -0.211 e. The number of benzene rings is 1. The Morgan fingerprint density at radius 2 is 1.62 bits per heavy atom. The SMILES string of the molecule is Cc1cc(F)cc(C)c1S(=O)(=O)NCCCCC(F)(F)F. The molecule has 1 rings (SSSR count). The van der Waals surface area contributed by atoms with Gasteiger partial charge >= 0.3 is 6.18 Å². The molecule has 0 saturated heterocycles. The summed E-state index contributed by atoms with van der Waals surface area (Å²) in [5, 5.41) is 0. The van der Waals surface area contributed by atoms with Gasteiger partial charge in [0.1, 0.15) is 5.82 Å². The molecule has 1 aromatic rings. The van der Waals surface area contributed by atoms with E-state index < -0.39 is 28.4 Å². The van der Waals surface area contributed by atoms with Crippen LogP contribution in [-0.4, -0.2) is 21.1 Å².